The Kier molecular flexibility index (Phi) is 6.26. The van der Waals surface area contributed by atoms with Crippen LogP contribution in [0.1, 0.15) is 32.6 Å². The van der Waals surface area contributed by atoms with Crippen molar-refractivity contribution in [2.75, 3.05) is 46.5 Å². The Morgan fingerprint density at radius 2 is 1.80 bits per heavy atom. The van der Waals surface area contributed by atoms with E-state index in [0.717, 1.165) is 51.9 Å². The summed E-state index contributed by atoms with van der Waals surface area (Å²) < 4.78 is 10.8. The first-order valence-electron chi connectivity index (χ1n) is 7.85. The summed E-state index contributed by atoms with van der Waals surface area (Å²) in [5.74, 6) is 0.307. The summed E-state index contributed by atoms with van der Waals surface area (Å²) in [6, 6.07) is 0.0213. The van der Waals surface area contributed by atoms with Gasteiger partial charge in [0.15, 0.2) is 0 Å². The van der Waals surface area contributed by atoms with Gasteiger partial charge in [-0.3, -0.25) is 9.69 Å². The minimum Gasteiger partial charge on any atom is -0.382 e. The predicted molar refractivity (Wildman–Crippen MR) is 77.7 cm³/mol. The number of hydrogen-bond donors (Lipinski definition) is 0. The number of carbonyl (C=O) groups is 1. The van der Waals surface area contributed by atoms with Gasteiger partial charge in [-0.2, -0.15) is 0 Å². The Morgan fingerprint density at radius 3 is 2.40 bits per heavy atom. The largest absolute Gasteiger partial charge is 0.382 e. The third-order valence-corrected chi connectivity index (χ3v) is 4.44. The molecule has 0 saturated carbocycles. The highest BCUT2D eigenvalue weighted by Crippen LogP contribution is 2.18. The van der Waals surface area contributed by atoms with Crippen molar-refractivity contribution in [1.82, 2.24) is 9.80 Å². The predicted octanol–water partition coefficient (Wildman–Crippen LogP) is 1.12. The second-order valence-electron chi connectivity index (χ2n) is 5.81. The highest BCUT2D eigenvalue weighted by atomic mass is 16.5. The zero-order chi connectivity index (χ0) is 14.4. The van der Waals surface area contributed by atoms with Gasteiger partial charge in [0, 0.05) is 33.3 Å². The van der Waals surface area contributed by atoms with Crippen molar-refractivity contribution in [1.29, 1.82) is 0 Å². The molecular formula is C15H28N2O3. The molecule has 2 aliphatic heterocycles. The molecule has 2 saturated heterocycles. The zero-order valence-electron chi connectivity index (χ0n) is 12.8. The van der Waals surface area contributed by atoms with E-state index in [0.29, 0.717) is 25.2 Å². The lowest BCUT2D eigenvalue weighted by molar-refractivity contribution is -0.136. The fourth-order valence-electron chi connectivity index (χ4n) is 3.09. The molecule has 2 aliphatic rings. The average molecular weight is 284 g/mol. The Morgan fingerprint density at radius 1 is 1.15 bits per heavy atom. The minimum absolute atomic E-state index is 0.0213. The van der Waals surface area contributed by atoms with Crippen LogP contribution in [0.5, 0.6) is 0 Å². The summed E-state index contributed by atoms with van der Waals surface area (Å²) in [5, 5.41) is 0. The molecule has 0 unspecified atom stereocenters. The number of hydrogen-bond acceptors (Lipinski definition) is 4. The van der Waals surface area contributed by atoms with E-state index in [4.69, 9.17) is 9.47 Å². The van der Waals surface area contributed by atoms with Crippen molar-refractivity contribution in [2.45, 2.75) is 44.8 Å². The maximum atomic E-state index is 12.4. The van der Waals surface area contributed by atoms with Gasteiger partial charge < -0.3 is 14.4 Å². The van der Waals surface area contributed by atoms with Crippen LogP contribution in [0.3, 0.4) is 0 Å². The number of rotatable bonds is 6. The summed E-state index contributed by atoms with van der Waals surface area (Å²) in [5.41, 5.74) is 0. The number of piperidine rings is 1. The molecule has 0 radical (unpaired) electrons. The normalized spacial score (nSPS) is 23.2. The second-order valence-corrected chi connectivity index (χ2v) is 5.81. The van der Waals surface area contributed by atoms with Gasteiger partial charge in [-0.05, 0) is 32.6 Å². The maximum absolute atomic E-state index is 12.4. The smallest absolute Gasteiger partial charge is 0.239 e. The van der Waals surface area contributed by atoms with E-state index in [9.17, 15) is 4.79 Å². The van der Waals surface area contributed by atoms with Gasteiger partial charge in [-0.25, -0.2) is 0 Å². The SMILES string of the molecule is COCCOC1CCN([C@@H](C)C(=O)N2CCCC2)CC1. The van der Waals surface area contributed by atoms with Gasteiger partial charge in [0.25, 0.3) is 0 Å². The van der Waals surface area contributed by atoms with E-state index in [1.807, 2.05) is 11.8 Å². The van der Waals surface area contributed by atoms with E-state index in [-0.39, 0.29) is 6.04 Å². The lowest BCUT2D eigenvalue weighted by atomic mass is 10.1. The Balaban J connectivity index is 1.71. The van der Waals surface area contributed by atoms with Gasteiger partial charge in [-0.15, -0.1) is 0 Å². The second kappa shape index (κ2) is 7.96. The number of amides is 1. The van der Waals surface area contributed by atoms with Crippen molar-refractivity contribution >= 4 is 5.91 Å². The molecule has 2 fully saturated rings. The van der Waals surface area contributed by atoms with Crippen LogP contribution in [0.2, 0.25) is 0 Å². The van der Waals surface area contributed by atoms with Crippen LogP contribution in [-0.4, -0.2) is 74.4 Å². The van der Waals surface area contributed by atoms with E-state index in [1.165, 1.54) is 0 Å². The van der Waals surface area contributed by atoms with Gasteiger partial charge in [-0.1, -0.05) is 0 Å². The molecule has 116 valence electrons. The van der Waals surface area contributed by atoms with E-state index < -0.39 is 0 Å². The Hall–Kier alpha value is -0.650. The van der Waals surface area contributed by atoms with Crippen LogP contribution in [0, 0.1) is 0 Å². The Labute approximate surface area is 122 Å². The number of carbonyl (C=O) groups excluding carboxylic acids is 1. The molecule has 0 spiro atoms. The van der Waals surface area contributed by atoms with Crippen LogP contribution in [0.25, 0.3) is 0 Å². The third kappa shape index (κ3) is 4.17. The molecule has 1 amide bonds. The van der Waals surface area contributed by atoms with Crippen LogP contribution in [0.15, 0.2) is 0 Å². The van der Waals surface area contributed by atoms with Crippen molar-refractivity contribution in [3.8, 4) is 0 Å². The van der Waals surface area contributed by atoms with Crippen LogP contribution >= 0.6 is 0 Å². The van der Waals surface area contributed by atoms with Crippen molar-refractivity contribution < 1.29 is 14.3 Å². The fraction of sp³-hybridized carbons (Fsp3) is 0.933. The average Bonchev–Trinajstić information content (AvgIpc) is 3.01. The topological polar surface area (TPSA) is 42.0 Å². The fourth-order valence-corrected chi connectivity index (χ4v) is 3.09. The van der Waals surface area contributed by atoms with Crippen molar-refractivity contribution in [3.05, 3.63) is 0 Å². The molecule has 1 atom stereocenters. The van der Waals surface area contributed by atoms with Crippen LogP contribution in [-0.2, 0) is 14.3 Å². The molecule has 2 rings (SSSR count). The quantitative estimate of drug-likeness (QED) is 0.686. The highest BCUT2D eigenvalue weighted by Gasteiger charge is 2.30. The summed E-state index contributed by atoms with van der Waals surface area (Å²) in [6.45, 7) is 7.18. The monoisotopic (exact) mass is 284 g/mol. The molecule has 20 heavy (non-hydrogen) atoms. The number of methoxy groups -OCH3 is 1. The molecule has 0 N–H and O–H groups in total. The molecule has 0 bridgehead atoms. The van der Waals surface area contributed by atoms with Gasteiger partial charge >= 0.3 is 0 Å². The van der Waals surface area contributed by atoms with Gasteiger partial charge in [0.2, 0.25) is 5.91 Å². The van der Waals surface area contributed by atoms with Crippen LogP contribution in [0.4, 0.5) is 0 Å². The molecule has 5 heteroatoms. The first kappa shape index (κ1) is 15.7. The van der Waals surface area contributed by atoms with E-state index >= 15 is 0 Å². The lowest BCUT2D eigenvalue weighted by Crippen LogP contribution is -2.50. The molecule has 2 heterocycles. The van der Waals surface area contributed by atoms with E-state index in [2.05, 4.69) is 4.90 Å². The lowest BCUT2D eigenvalue weighted by Gasteiger charge is -2.36. The summed E-state index contributed by atoms with van der Waals surface area (Å²) in [4.78, 5) is 16.7. The maximum Gasteiger partial charge on any atom is 0.239 e. The number of nitrogens with zero attached hydrogens (tertiary/aromatic N) is 2. The molecule has 0 aromatic rings. The Bertz CT molecular complexity index is 297. The van der Waals surface area contributed by atoms with Crippen LogP contribution < -0.4 is 0 Å². The molecule has 0 aromatic heterocycles. The van der Waals surface area contributed by atoms with Gasteiger partial charge in [0.1, 0.15) is 0 Å². The summed E-state index contributed by atoms with van der Waals surface area (Å²) in [6.07, 6.45) is 4.68. The molecular weight excluding hydrogens is 256 g/mol. The zero-order valence-corrected chi connectivity index (χ0v) is 12.8. The third-order valence-electron chi connectivity index (χ3n) is 4.44. The standard InChI is InChI=1S/C15H28N2O3/c1-13(15(18)17-7-3-4-8-17)16-9-5-14(6-10-16)20-12-11-19-2/h13-14H,3-12H2,1-2H3/t13-/m0/s1. The first-order chi connectivity index (χ1) is 9.72. The van der Waals surface area contributed by atoms with Gasteiger partial charge in [0.05, 0.1) is 25.4 Å². The first-order valence-corrected chi connectivity index (χ1v) is 7.85. The molecule has 5 nitrogen and oxygen atoms in total. The highest BCUT2D eigenvalue weighted by molar-refractivity contribution is 5.81. The summed E-state index contributed by atoms with van der Waals surface area (Å²) >= 11 is 0. The molecule has 0 aromatic carbocycles. The van der Waals surface area contributed by atoms with E-state index in [1.54, 1.807) is 7.11 Å². The minimum atomic E-state index is 0.0213. The summed E-state index contributed by atoms with van der Waals surface area (Å²) in [7, 11) is 1.69. The van der Waals surface area contributed by atoms with Crippen molar-refractivity contribution in [3.63, 3.8) is 0 Å². The number of likely N-dealkylation sites (tertiary alicyclic amines) is 2. The number of ether oxygens (including phenoxy) is 2. The van der Waals surface area contributed by atoms with Crippen molar-refractivity contribution in [2.24, 2.45) is 0 Å². The molecule has 0 aliphatic carbocycles.